The van der Waals surface area contributed by atoms with Crippen LogP contribution in [-0.4, -0.2) is 39.9 Å². The number of nitro groups is 1. The number of amides is 1. The van der Waals surface area contributed by atoms with Crippen molar-refractivity contribution in [3.63, 3.8) is 0 Å². The molecule has 0 spiro atoms. The second-order valence-electron chi connectivity index (χ2n) is 7.61. The van der Waals surface area contributed by atoms with Crippen molar-refractivity contribution in [3.8, 4) is 0 Å². The van der Waals surface area contributed by atoms with Gasteiger partial charge in [-0.3, -0.25) is 14.9 Å². The average molecular weight is 362 g/mol. The van der Waals surface area contributed by atoms with Crippen molar-refractivity contribution in [1.29, 1.82) is 0 Å². The van der Waals surface area contributed by atoms with Gasteiger partial charge in [0.25, 0.3) is 5.69 Å². The number of nitro benzene ring substituents is 1. The van der Waals surface area contributed by atoms with Gasteiger partial charge in [0.15, 0.2) is 5.78 Å². The van der Waals surface area contributed by atoms with Crippen molar-refractivity contribution in [2.75, 3.05) is 6.54 Å². The molecule has 1 fully saturated rings. The van der Waals surface area contributed by atoms with Crippen LogP contribution in [0.1, 0.15) is 63.2 Å². The molecule has 1 unspecified atom stereocenters. The number of carbonyl (C=O) groups is 2. The zero-order valence-electron chi connectivity index (χ0n) is 15.6. The van der Waals surface area contributed by atoms with Gasteiger partial charge < -0.3 is 9.64 Å². The number of likely N-dealkylation sites (tertiary alicyclic amines) is 1. The van der Waals surface area contributed by atoms with E-state index in [4.69, 9.17) is 4.74 Å². The van der Waals surface area contributed by atoms with Gasteiger partial charge in [0, 0.05) is 36.7 Å². The number of carbonyl (C=O) groups excluding carboxylic acids is 2. The van der Waals surface area contributed by atoms with Crippen LogP contribution in [0.2, 0.25) is 0 Å². The zero-order chi connectivity index (χ0) is 19.3. The van der Waals surface area contributed by atoms with Crippen LogP contribution < -0.4 is 0 Å². The topological polar surface area (TPSA) is 89.8 Å². The predicted octanol–water partition coefficient (Wildman–Crippen LogP) is 4.35. The van der Waals surface area contributed by atoms with E-state index in [1.807, 2.05) is 20.8 Å². The Bertz CT molecular complexity index is 681. The molecule has 0 aromatic heterocycles. The van der Waals surface area contributed by atoms with Gasteiger partial charge in [0.1, 0.15) is 5.60 Å². The molecule has 142 valence electrons. The third-order valence-electron chi connectivity index (χ3n) is 4.31. The summed E-state index contributed by atoms with van der Waals surface area (Å²) in [6, 6.07) is 5.47. The molecule has 0 radical (unpaired) electrons. The van der Waals surface area contributed by atoms with Gasteiger partial charge in [-0.2, -0.15) is 0 Å². The summed E-state index contributed by atoms with van der Waals surface area (Å²) in [4.78, 5) is 37.2. The minimum atomic E-state index is -0.599. The van der Waals surface area contributed by atoms with Crippen LogP contribution in [0, 0.1) is 10.1 Å². The number of hydrogen-bond donors (Lipinski definition) is 0. The van der Waals surface area contributed by atoms with Gasteiger partial charge >= 0.3 is 6.09 Å². The van der Waals surface area contributed by atoms with E-state index in [-0.39, 0.29) is 23.9 Å². The maximum Gasteiger partial charge on any atom is 0.410 e. The molecule has 1 saturated heterocycles. The lowest BCUT2D eigenvalue weighted by molar-refractivity contribution is -0.384. The Morgan fingerprint density at radius 2 is 2.00 bits per heavy atom. The standard InChI is InChI=1S/C19H26N2O5/c1-19(2,3)26-18(23)20-11-6-4-5-9-15(20)13-17(22)14-8-7-10-16(12-14)21(24)25/h7-8,10,12,15H,4-6,9,11,13H2,1-3H3. The number of nitrogens with zero attached hydrogens (tertiary/aromatic N) is 2. The normalized spacial score (nSPS) is 18.1. The van der Waals surface area contributed by atoms with Crippen LogP contribution >= 0.6 is 0 Å². The number of benzene rings is 1. The molecule has 2 rings (SSSR count). The molecule has 0 aliphatic carbocycles. The van der Waals surface area contributed by atoms with Gasteiger partial charge in [-0.15, -0.1) is 0 Å². The number of ether oxygens (including phenoxy) is 1. The first-order valence-corrected chi connectivity index (χ1v) is 8.94. The van der Waals surface area contributed by atoms with Crippen molar-refractivity contribution >= 4 is 17.6 Å². The maximum absolute atomic E-state index is 12.7. The monoisotopic (exact) mass is 362 g/mol. The summed E-state index contributed by atoms with van der Waals surface area (Å²) < 4.78 is 5.49. The molecule has 1 aromatic carbocycles. The van der Waals surface area contributed by atoms with Crippen LogP contribution in [0.3, 0.4) is 0 Å². The predicted molar refractivity (Wildman–Crippen MR) is 97.2 cm³/mol. The number of hydrogen-bond acceptors (Lipinski definition) is 5. The SMILES string of the molecule is CC(C)(C)OC(=O)N1CCCCCC1CC(=O)c1cccc([N+](=O)[O-])c1. The van der Waals surface area contributed by atoms with Crippen molar-refractivity contribution in [1.82, 2.24) is 4.90 Å². The van der Waals surface area contributed by atoms with E-state index in [1.165, 1.54) is 18.2 Å². The average Bonchev–Trinajstić information content (AvgIpc) is 2.79. The minimum absolute atomic E-state index is 0.110. The quantitative estimate of drug-likeness (QED) is 0.451. The summed E-state index contributed by atoms with van der Waals surface area (Å²) in [5, 5.41) is 10.9. The van der Waals surface area contributed by atoms with Crippen LogP contribution in [0.15, 0.2) is 24.3 Å². The van der Waals surface area contributed by atoms with Crippen molar-refractivity contribution in [2.24, 2.45) is 0 Å². The molecule has 0 N–H and O–H groups in total. The molecule has 0 saturated carbocycles. The van der Waals surface area contributed by atoms with Crippen LogP contribution in [0.4, 0.5) is 10.5 Å². The van der Waals surface area contributed by atoms with Crippen LogP contribution in [-0.2, 0) is 4.74 Å². The first kappa shape index (κ1) is 19.9. The van der Waals surface area contributed by atoms with Crippen molar-refractivity contribution < 1.29 is 19.2 Å². The summed E-state index contributed by atoms with van der Waals surface area (Å²) in [7, 11) is 0. The third kappa shape index (κ3) is 5.54. The second-order valence-corrected chi connectivity index (χ2v) is 7.61. The number of ketones is 1. The molecular formula is C19H26N2O5. The van der Waals surface area contributed by atoms with E-state index in [0.29, 0.717) is 12.1 Å². The summed E-state index contributed by atoms with van der Waals surface area (Å²) in [6.07, 6.45) is 3.27. The summed E-state index contributed by atoms with van der Waals surface area (Å²) >= 11 is 0. The lowest BCUT2D eigenvalue weighted by atomic mass is 9.99. The Hall–Kier alpha value is -2.44. The molecule has 1 aromatic rings. The highest BCUT2D eigenvalue weighted by Crippen LogP contribution is 2.24. The minimum Gasteiger partial charge on any atom is -0.444 e. The summed E-state index contributed by atoms with van der Waals surface area (Å²) in [6.45, 7) is 5.99. The van der Waals surface area contributed by atoms with Crippen LogP contribution in [0.5, 0.6) is 0 Å². The third-order valence-corrected chi connectivity index (χ3v) is 4.31. The molecule has 7 heteroatoms. The molecule has 1 amide bonds. The molecule has 1 aliphatic heterocycles. The maximum atomic E-state index is 12.7. The Labute approximate surface area is 153 Å². The molecule has 0 bridgehead atoms. The first-order chi connectivity index (χ1) is 12.2. The molecule has 26 heavy (non-hydrogen) atoms. The Morgan fingerprint density at radius 3 is 2.65 bits per heavy atom. The Kier molecular flexibility index (Phi) is 6.34. The Balaban J connectivity index is 2.15. The van der Waals surface area contributed by atoms with Crippen molar-refractivity contribution in [3.05, 3.63) is 39.9 Å². The molecule has 1 aliphatic rings. The number of non-ortho nitro benzene ring substituents is 1. The highest BCUT2D eigenvalue weighted by molar-refractivity contribution is 5.97. The zero-order valence-corrected chi connectivity index (χ0v) is 15.6. The van der Waals surface area contributed by atoms with Gasteiger partial charge in [-0.25, -0.2) is 4.79 Å². The molecule has 7 nitrogen and oxygen atoms in total. The fraction of sp³-hybridized carbons (Fsp3) is 0.579. The van der Waals surface area contributed by atoms with E-state index in [0.717, 1.165) is 25.7 Å². The highest BCUT2D eigenvalue weighted by atomic mass is 16.6. The molecule has 1 heterocycles. The van der Waals surface area contributed by atoms with Gasteiger partial charge in [-0.1, -0.05) is 25.0 Å². The van der Waals surface area contributed by atoms with Crippen molar-refractivity contribution in [2.45, 2.75) is 64.5 Å². The van der Waals surface area contributed by atoms with Gasteiger partial charge in [-0.05, 0) is 33.6 Å². The Morgan fingerprint density at radius 1 is 1.27 bits per heavy atom. The van der Waals surface area contributed by atoms with E-state index >= 15 is 0 Å². The fourth-order valence-corrected chi connectivity index (χ4v) is 3.08. The summed E-state index contributed by atoms with van der Waals surface area (Å²) in [5.74, 6) is -0.200. The van der Waals surface area contributed by atoms with E-state index in [2.05, 4.69) is 0 Å². The van der Waals surface area contributed by atoms with E-state index < -0.39 is 16.6 Å². The second kappa shape index (κ2) is 8.29. The molecular weight excluding hydrogens is 336 g/mol. The smallest absolute Gasteiger partial charge is 0.410 e. The fourth-order valence-electron chi connectivity index (χ4n) is 3.08. The van der Waals surface area contributed by atoms with Gasteiger partial charge in [0.2, 0.25) is 0 Å². The summed E-state index contributed by atoms with van der Waals surface area (Å²) in [5.41, 5.74) is -0.411. The van der Waals surface area contributed by atoms with Gasteiger partial charge in [0.05, 0.1) is 4.92 Å². The van der Waals surface area contributed by atoms with E-state index in [9.17, 15) is 19.7 Å². The highest BCUT2D eigenvalue weighted by Gasteiger charge is 2.31. The first-order valence-electron chi connectivity index (χ1n) is 8.94. The molecule has 1 atom stereocenters. The van der Waals surface area contributed by atoms with E-state index in [1.54, 1.807) is 11.0 Å². The number of Topliss-reactive ketones (excluding diaryl/α,β-unsaturated/α-hetero) is 1. The number of rotatable bonds is 4. The van der Waals surface area contributed by atoms with Crippen LogP contribution in [0.25, 0.3) is 0 Å². The largest absolute Gasteiger partial charge is 0.444 e. The lowest BCUT2D eigenvalue weighted by Crippen LogP contribution is -2.44. The lowest BCUT2D eigenvalue weighted by Gasteiger charge is -2.32.